The van der Waals surface area contributed by atoms with Gasteiger partial charge >= 0.3 is 0 Å². The van der Waals surface area contributed by atoms with E-state index in [0.29, 0.717) is 30.1 Å². The number of hydrogen-bond acceptors (Lipinski definition) is 4. The first-order valence-electron chi connectivity index (χ1n) is 8.91. The lowest BCUT2D eigenvalue weighted by Gasteiger charge is -2.36. The summed E-state index contributed by atoms with van der Waals surface area (Å²) in [5.74, 6) is 2.07. The molecule has 0 aliphatic heterocycles. The van der Waals surface area contributed by atoms with Crippen LogP contribution >= 0.6 is 0 Å². The summed E-state index contributed by atoms with van der Waals surface area (Å²) in [5, 5.41) is 0. The first kappa shape index (κ1) is 16.7. The minimum Gasteiger partial charge on any atom is -0.489 e. The Balaban J connectivity index is 1.41. The summed E-state index contributed by atoms with van der Waals surface area (Å²) >= 11 is 0. The van der Waals surface area contributed by atoms with E-state index in [9.17, 15) is 0 Å². The van der Waals surface area contributed by atoms with Gasteiger partial charge in [0.05, 0.1) is 31.1 Å². The van der Waals surface area contributed by atoms with E-state index in [4.69, 9.17) is 14.2 Å². The zero-order valence-electron chi connectivity index (χ0n) is 14.7. The number of aromatic nitrogens is 1. The van der Waals surface area contributed by atoms with Gasteiger partial charge in [-0.15, -0.1) is 0 Å². The van der Waals surface area contributed by atoms with Crippen molar-refractivity contribution in [3.05, 3.63) is 24.0 Å². The quantitative estimate of drug-likeness (QED) is 0.727. The molecule has 2 fully saturated rings. The van der Waals surface area contributed by atoms with Crippen LogP contribution in [0.1, 0.15) is 58.6 Å². The highest BCUT2D eigenvalue weighted by molar-refractivity contribution is 5.25. The molecular weight excluding hydrogens is 290 g/mol. The van der Waals surface area contributed by atoms with Gasteiger partial charge in [-0.05, 0) is 52.2 Å². The molecule has 4 nitrogen and oxygen atoms in total. The molecule has 23 heavy (non-hydrogen) atoms. The summed E-state index contributed by atoms with van der Waals surface area (Å²) < 4.78 is 17.4. The second-order valence-electron chi connectivity index (χ2n) is 7.42. The van der Waals surface area contributed by atoms with E-state index in [1.165, 1.54) is 12.1 Å². The summed E-state index contributed by atoms with van der Waals surface area (Å²) in [5.41, 5.74) is 1.17. The first-order chi connectivity index (χ1) is 11.0. The number of ether oxygens (including phenoxy) is 3. The Labute approximate surface area is 139 Å². The lowest BCUT2D eigenvalue weighted by Crippen LogP contribution is -2.40. The fourth-order valence-electron chi connectivity index (χ4n) is 3.09. The molecule has 1 heterocycles. The summed E-state index contributed by atoms with van der Waals surface area (Å²) in [6.07, 6.45) is 6.27. The third-order valence-electron chi connectivity index (χ3n) is 4.52. The van der Waals surface area contributed by atoms with Crippen molar-refractivity contribution in [3.8, 4) is 5.75 Å². The van der Waals surface area contributed by atoms with Crippen molar-refractivity contribution in [2.24, 2.45) is 5.92 Å². The smallest absolute Gasteiger partial charge is 0.138 e. The van der Waals surface area contributed by atoms with Crippen LogP contribution in [0.2, 0.25) is 0 Å². The van der Waals surface area contributed by atoms with Crippen LogP contribution in [-0.2, 0) is 9.47 Å². The lowest BCUT2D eigenvalue weighted by molar-refractivity contribution is -0.0850. The molecule has 2 atom stereocenters. The molecule has 1 aromatic heterocycles. The minimum atomic E-state index is 0.277. The monoisotopic (exact) mass is 319 g/mol. The van der Waals surface area contributed by atoms with Gasteiger partial charge in [0.25, 0.3) is 0 Å². The first-order valence-corrected chi connectivity index (χ1v) is 8.91. The highest BCUT2D eigenvalue weighted by Gasteiger charge is 2.39. The van der Waals surface area contributed by atoms with E-state index < -0.39 is 0 Å². The van der Waals surface area contributed by atoms with Crippen LogP contribution in [0.4, 0.5) is 0 Å². The molecule has 0 N–H and O–H groups in total. The molecule has 0 spiro atoms. The average molecular weight is 319 g/mol. The van der Waals surface area contributed by atoms with E-state index >= 15 is 0 Å². The largest absolute Gasteiger partial charge is 0.489 e. The zero-order valence-corrected chi connectivity index (χ0v) is 14.7. The average Bonchev–Trinajstić information content (AvgIpc) is 3.23. The third kappa shape index (κ3) is 4.67. The van der Waals surface area contributed by atoms with E-state index in [1.54, 1.807) is 0 Å². The number of hydrogen-bond donors (Lipinski definition) is 0. The van der Waals surface area contributed by atoms with Crippen molar-refractivity contribution in [1.29, 1.82) is 0 Å². The molecule has 2 saturated carbocycles. The van der Waals surface area contributed by atoms with Crippen LogP contribution in [0.25, 0.3) is 0 Å². The minimum absolute atomic E-state index is 0.277. The van der Waals surface area contributed by atoms with Gasteiger partial charge in [-0.3, -0.25) is 4.98 Å². The van der Waals surface area contributed by atoms with Crippen molar-refractivity contribution in [2.45, 2.75) is 77.3 Å². The van der Waals surface area contributed by atoms with Crippen LogP contribution in [0.15, 0.2) is 18.3 Å². The van der Waals surface area contributed by atoms with Gasteiger partial charge in [-0.25, -0.2) is 0 Å². The normalized spacial score (nSPS) is 29.7. The van der Waals surface area contributed by atoms with Crippen molar-refractivity contribution < 1.29 is 14.2 Å². The standard InChI is InChI=1S/C19H29NO3/c1-12(2)21-11-14-7-18(14)19-6-5-15(10-20-19)23-17-8-16(9-17)22-13(3)4/h5-6,10,12-14,16-18H,7-9,11H2,1-4H3/t14-,16-,17-,18+/m0/s1. The van der Waals surface area contributed by atoms with Crippen LogP contribution in [0, 0.1) is 5.92 Å². The van der Waals surface area contributed by atoms with Crippen molar-refractivity contribution in [1.82, 2.24) is 4.98 Å². The van der Waals surface area contributed by atoms with Gasteiger partial charge in [-0.2, -0.15) is 0 Å². The van der Waals surface area contributed by atoms with Crippen LogP contribution in [-0.4, -0.2) is 36.0 Å². The van der Waals surface area contributed by atoms with Gasteiger partial charge in [-0.1, -0.05) is 0 Å². The van der Waals surface area contributed by atoms with E-state index in [1.807, 2.05) is 6.20 Å². The molecular formula is C19H29NO3. The van der Waals surface area contributed by atoms with E-state index in [2.05, 4.69) is 44.8 Å². The van der Waals surface area contributed by atoms with Gasteiger partial charge in [0.15, 0.2) is 0 Å². The molecule has 2 aliphatic rings. The number of pyridine rings is 1. The van der Waals surface area contributed by atoms with Gasteiger partial charge in [0.1, 0.15) is 11.9 Å². The molecule has 4 heteroatoms. The van der Waals surface area contributed by atoms with E-state index in [-0.39, 0.29) is 6.10 Å². The Hall–Kier alpha value is -1.13. The van der Waals surface area contributed by atoms with Crippen molar-refractivity contribution >= 4 is 0 Å². The Bertz CT molecular complexity index is 494. The molecule has 0 bridgehead atoms. The Morgan fingerprint density at radius 2 is 1.83 bits per heavy atom. The lowest BCUT2D eigenvalue weighted by atomic mass is 9.92. The zero-order chi connectivity index (χ0) is 16.4. The highest BCUT2D eigenvalue weighted by Crippen LogP contribution is 2.47. The van der Waals surface area contributed by atoms with Crippen LogP contribution in [0.3, 0.4) is 0 Å². The fourth-order valence-corrected chi connectivity index (χ4v) is 3.09. The summed E-state index contributed by atoms with van der Waals surface area (Å²) in [4.78, 5) is 4.59. The molecule has 0 radical (unpaired) electrons. The molecule has 1 aromatic rings. The second kappa shape index (κ2) is 7.18. The molecule has 0 aromatic carbocycles. The van der Waals surface area contributed by atoms with Gasteiger partial charge in [0.2, 0.25) is 0 Å². The van der Waals surface area contributed by atoms with Gasteiger partial charge < -0.3 is 14.2 Å². The van der Waals surface area contributed by atoms with Crippen LogP contribution in [0.5, 0.6) is 5.75 Å². The predicted octanol–water partition coefficient (Wildman–Crippen LogP) is 3.94. The Morgan fingerprint density at radius 3 is 2.43 bits per heavy atom. The summed E-state index contributed by atoms with van der Waals surface area (Å²) in [6.45, 7) is 9.17. The Kier molecular flexibility index (Phi) is 5.22. The summed E-state index contributed by atoms with van der Waals surface area (Å²) in [6, 6.07) is 4.16. The van der Waals surface area contributed by atoms with Crippen molar-refractivity contribution in [3.63, 3.8) is 0 Å². The third-order valence-corrected chi connectivity index (χ3v) is 4.52. The molecule has 2 aliphatic carbocycles. The maximum atomic E-state index is 5.96. The molecule has 0 unspecified atom stereocenters. The maximum absolute atomic E-state index is 5.96. The maximum Gasteiger partial charge on any atom is 0.138 e. The molecule has 128 valence electrons. The fraction of sp³-hybridized carbons (Fsp3) is 0.737. The topological polar surface area (TPSA) is 40.6 Å². The second-order valence-corrected chi connectivity index (χ2v) is 7.42. The molecule has 0 saturated heterocycles. The number of nitrogens with zero attached hydrogens (tertiary/aromatic N) is 1. The molecule has 3 rings (SSSR count). The van der Waals surface area contributed by atoms with E-state index in [0.717, 1.165) is 25.2 Å². The van der Waals surface area contributed by atoms with Crippen LogP contribution < -0.4 is 4.74 Å². The van der Waals surface area contributed by atoms with Crippen molar-refractivity contribution in [2.75, 3.05) is 6.61 Å². The highest BCUT2D eigenvalue weighted by atomic mass is 16.5. The Morgan fingerprint density at radius 1 is 1.04 bits per heavy atom. The number of rotatable bonds is 8. The summed E-state index contributed by atoms with van der Waals surface area (Å²) in [7, 11) is 0. The molecule has 0 amide bonds. The van der Waals surface area contributed by atoms with Gasteiger partial charge in [0, 0.05) is 24.5 Å². The predicted molar refractivity (Wildman–Crippen MR) is 89.8 cm³/mol. The SMILES string of the molecule is CC(C)OC[C@@H]1C[C@H]1c1ccc(O[C@H]2C[C@H](OC(C)C)C2)cn1.